The number of pyridine rings is 2. The predicted molar refractivity (Wildman–Crippen MR) is 223 cm³/mol. The summed E-state index contributed by atoms with van der Waals surface area (Å²) in [6.07, 6.45) is 5.64. The van der Waals surface area contributed by atoms with Gasteiger partial charge in [0.1, 0.15) is 0 Å². The van der Waals surface area contributed by atoms with E-state index >= 15 is 0 Å². The standard InChI is InChI=1S/C49H35N5/c1-5-17-37(18-6-1)48-44-33-42(46-25-13-15-31-50-46)43(47-26-14-16-32-51-47)34-45(44)49(38-19-7-2-8-20-38)54(48)52-35-36-27-29-41(30-28-36)53(39-21-9-3-10-22-39)40-23-11-4-12-24-40/h1-35H. The minimum Gasteiger partial charge on any atom is -0.311 e. The van der Waals surface area contributed by atoms with Crippen molar-refractivity contribution in [3.05, 3.63) is 212 Å². The summed E-state index contributed by atoms with van der Waals surface area (Å²) in [5, 5.41) is 7.46. The quantitative estimate of drug-likeness (QED) is 0.141. The molecule has 0 fully saturated rings. The molecule has 9 aromatic rings. The normalized spacial score (nSPS) is 11.3. The maximum atomic E-state index is 5.31. The molecule has 5 nitrogen and oxygen atoms in total. The van der Waals surface area contributed by atoms with Crippen LogP contribution >= 0.6 is 0 Å². The average Bonchev–Trinajstić information content (AvgIpc) is 3.58. The van der Waals surface area contributed by atoms with Gasteiger partial charge in [-0.05, 0) is 78.4 Å². The van der Waals surface area contributed by atoms with Gasteiger partial charge in [0.2, 0.25) is 0 Å². The molecule has 0 amide bonds. The van der Waals surface area contributed by atoms with Gasteiger partial charge in [0.15, 0.2) is 0 Å². The Balaban J connectivity index is 1.24. The van der Waals surface area contributed by atoms with Crippen molar-refractivity contribution in [3.8, 4) is 45.0 Å². The Kier molecular flexibility index (Phi) is 8.86. The number of hydrogen-bond donors (Lipinski definition) is 0. The lowest BCUT2D eigenvalue weighted by molar-refractivity contribution is 0.917. The fourth-order valence-corrected chi connectivity index (χ4v) is 7.10. The van der Waals surface area contributed by atoms with Crippen LogP contribution in [-0.4, -0.2) is 20.9 Å². The lowest BCUT2D eigenvalue weighted by Gasteiger charge is -2.25. The molecule has 3 aromatic heterocycles. The molecule has 0 radical (unpaired) electrons. The van der Waals surface area contributed by atoms with Gasteiger partial charge in [0.25, 0.3) is 0 Å². The highest BCUT2D eigenvalue weighted by Gasteiger charge is 2.23. The lowest BCUT2D eigenvalue weighted by Crippen LogP contribution is -2.09. The number of fused-ring (bicyclic) bond motifs is 1. The molecule has 0 saturated carbocycles. The molecule has 0 N–H and O–H groups in total. The summed E-state index contributed by atoms with van der Waals surface area (Å²) in [5.41, 5.74) is 12.2. The molecule has 6 aromatic carbocycles. The van der Waals surface area contributed by atoms with Gasteiger partial charge < -0.3 is 4.90 Å². The zero-order valence-corrected chi connectivity index (χ0v) is 29.4. The molecule has 256 valence electrons. The second kappa shape index (κ2) is 14.7. The fourth-order valence-electron chi connectivity index (χ4n) is 7.10. The first-order valence-corrected chi connectivity index (χ1v) is 18.0. The van der Waals surface area contributed by atoms with Crippen molar-refractivity contribution in [2.45, 2.75) is 0 Å². The van der Waals surface area contributed by atoms with E-state index in [1.165, 1.54) is 0 Å². The van der Waals surface area contributed by atoms with Gasteiger partial charge in [-0.3, -0.25) is 9.97 Å². The molecule has 0 spiro atoms. The Hall–Kier alpha value is -7.37. The topological polar surface area (TPSA) is 46.3 Å². The molecule has 54 heavy (non-hydrogen) atoms. The van der Waals surface area contributed by atoms with Gasteiger partial charge in [-0.15, -0.1) is 0 Å². The van der Waals surface area contributed by atoms with Gasteiger partial charge >= 0.3 is 0 Å². The van der Waals surface area contributed by atoms with E-state index in [1.807, 2.05) is 55.0 Å². The van der Waals surface area contributed by atoms with E-state index in [0.717, 1.165) is 78.4 Å². The number of benzene rings is 6. The van der Waals surface area contributed by atoms with Crippen molar-refractivity contribution >= 4 is 34.0 Å². The summed E-state index contributed by atoms with van der Waals surface area (Å²) in [7, 11) is 0. The molecule has 0 atom stereocenters. The Labute approximate surface area is 314 Å². The molecule has 9 rings (SSSR count). The summed E-state index contributed by atoms with van der Waals surface area (Å²) in [4.78, 5) is 11.9. The molecule has 5 heteroatoms. The molecule has 0 aliphatic carbocycles. The highest BCUT2D eigenvalue weighted by molar-refractivity contribution is 6.09. The summed E-state index contributed by atoms with van der Waals surface area (Å²) < 4.78 is 2.11. The van der Waals surface area contributed by atoms with Gasteiger partial charge in [-0.1, -0.05) is 121 Å². The highest BCUT2D eigenvalue weighted by Crippen LogP contribution is 2.44. The number of para-hydroxylation sites is 2. The van der Waals surface area contributed by atoms with Crippen LogP contribution in [0, 0.1) is 0 Å². The van der Waals surface area contributed by atoms with Gasteiger partial charge in [-0.2, -0.15) is 5.10 Å². The zero-order chi connectivity index (χ0) is 36.1. The van der Waals surface area contributed by atoms with Gasteiger partial charge in [0.05, 0.1) is 29.0 Å². The van der Waals surface area contributed by atoms with Crippen LogP contribution in [0.1, 0.15) is 5.56 Å². The summed E-state index contributed by atoms with van der Waals surface area (Å²) in [6.45, 7) is 0. The molecular formula is C49H35N5. The van der Waals surface area contributed by atoms with Crippen molar-refractivity contribution in [2.24, 2.45) is 5.10 Å². The highest BCUT2D eigenvalue weighted by atomic mass is 15.4. The van der Waals surface area contributed by atoms with Crippen LogP contribution in [-0.2, 0) is 0 Å². The predicted octanol–water partition coefficient (Wildman–Crippen LogP) is 12.5. The van der Waals surface area contributed by atoms with Crippen molar-refractivity contribution in [2.75, 3.05) is 4.90 Å². The molecule has 0 saturated heterocycles. The Morgan fingerprint density at radius 3 is 1.26 bits per heavy atom. The number of aromatic nitrogens is 3. The van der Waals surface area contributed by atoms with Crippen molar-refractivity contribution in [3.63, 3.8) is 0 Å². The number of rotatable bonds is 9. The van der Waals surface area contributed by atoms with E-state index in [1.54, 1.807) is 0 Å². The first-order valence-electron chi connectivity index (χ1n) is 18.0. The summed E-state index contributed by atoms with van der Waals surface area (Å²) >= 11 is 0. The Morgan fingerprint density at radius 2 is 0.833 bits per heavy atom. The summed E-state index contributed by atoms with van der Waals surface area (Å²) in [5.74, 6) is 0. The number of nitrogens with zero attached hydrogens (tertiary/aromatic N) is 5. The maximum absolute atomic E-state index is 5.31. The fraction of sp³-hybridized carbons (Fsp3) is 0. The third-order valence-corrected chi connectivity index (χ3v) is 9.57. The van der Waals surface area contributed by atoms with E-state index in [4.69, 9.17) is 15.1 Å². The largest absolute Gasteiger partial charge is 0.311 e. The van der Waals surface area contributed by atoms with E-state index in [2.05, 4.69) is 167 Å². The SMILES string of the molecule is C(=Nn1c(-c2ccccc2)c2cc(-c3ccccn3)c(-c3ccccn3)cc2c1-c1ccccc1)c1ccc(N(c2ccccc2)c2ccccc2)cc1. The van der Waals surface area contributed by atoms with Crippen LogP contribution in [0.2, 0.25) is 0 Å². The monoisotopic (exact) mass is 693 g/mol. The summed E-state index contributed by atoms with van der Waals surface area (Å²) in [6, 6.07) is 67.1. The zero-order valence-electron chi connectivity index (χ0n) is 29.4. The maximum Gasteiger partial charge on any atom is 0.0804 e. The number of anilines is 3. The van der Waals surface area contributed by atoms with Crippen LogP contribution in [0.3, 0.4) is 0 Å². The smallest absolute Gasteiger partial charge is 0.0804 e. The molecule has 3 heterocycles. The second-order valence-electron chi connectivity index (χ2n) is 13.0. The third kappa shape index (κ3) is 6.35. The Bertz CT molecular complexity index is 2500. The molecule has 0 bridgehead atoms. The minimum absolute atomic E-state index is 0.886. The van der Waals surface area contributed by atoms with Crippen LogP contribution in [0.25, 0.3) is 55.8 Å². The lowest BCUT2D eigenvalue weighted by atomic mass is 9.94. The van der Waals surface area contributed by atoms with E-state index in [0.29, 0.717) is 0 Å². The van der Waals surface area contributed by atoms with E-state index in [-0.39, 0.29) is 0 Å². The van der Waals surface area contributed by atoms with Crippen molar-refractivity contribution in [1.29, 1.82) is 0 Å². The average molecular weight is 694 g/mol. The van der Waals surface area contributed by atoms with Crippen LogP contribution in [0.4, 0.5) is 17.1 Å². The van der Waals surface area contributed by atoms with Crippen LogP contribution in [0.5, 0.6) is 0 Å². The van der Waals surface area contributed by atoms with Crippen molar-refractivity contribution in [1.82, 2.24) is 14.6 Å². The van der Waals surface area contributed by atoms with Crippen molar-refractivity contribution < 1.29 is 0 Å². The molecule has 0 aliphatic heterocycles. The van der Waals surface area contributed by atoms with Gasteiger partial charge in [0, 0.05) is 62.5 Å². The van der Waals surface area contributed by atoms with Crippen LogP contribution in [0.15, 0.2) is 212 Å². The number of hydrogen-bond acceptors (Lipinski definition) is 4. The molecule has 0 aliphatic rings. The third-order valence-electron chi connectivity index (χ3n) is 9.57. The Morgan fingerprint density at radius 1 is 0.426 bits per heavy atom. The molecule has 0 unspecified atom stereocenters. The van der Waals surface area contributed by atoms with Crippen LogP contribution < -0.4 is 4.90 Å². The van der Waals surface area contributed by atoms with E-state index in [9.17, 15) is 0 Å². The minimum atomic E-state index is 0.886. The first-order chi connectivity index (χ1) is 26.8. The van der Waals surface area contributed by atoms with Gasteiger partial charge in [-0.25, -0.2) is 4.68 Å². The van der Waals surface area contributed by atoms with E-state index < -0.39 is 0 Å². The first kappa shape index (κ1) is 32.5. The molecular weight excluding hydrogens is 659 g/mol. The second-order valence-corrected chi connectivity index (χ2v) is 13.0.